The Balaban J connectivity index is 1.62. The number of methoxy groups -OCH3 is 1. The molecule has 0 atom stereocenters. The summed E-state index contributed by atoms with van der Waals surface area (Å²) in [5.41, 5.74) is 1.74. The molecule has 0 bridgehead atoms. The molecule has 0 unspecified atom stereocenters. The molecular weight excluding hydrogens is 402 g/mol. The second kappa shape index (κ2) is 10.7. The van der Waals surface area contributed by atoms with Gasteiger partial charge in [-0.1, -0.05) is 37.3 Å². The van der Waals surface area contributed by atoms with Gasteiger partial charge in [0.2, 0.25) is 0 Å². The minimum Gasteiger partial charge on any atom is -0.465 e. The van der Waals surface area contributed by atoms with Crippen LogP contribution in [0, 0.1) is 0 Å². The normalized spacial score (nSPS) is 15.1. The maximum absolute atomic E-state index is 12.2. The minimum atomic E-state index is -0.348. The number of carbonyl (C=O) groups excluding carboxylic acids is 1. The van der Waals surface area contributed by atoms with Gasteiger partial charge in [-0.3, -0.25) is 0 Å². The Bertz CT molecular complexity index is 815. The first-order valence-corrected chi connectivity index (χ1v) is 11.4. The number of ether oxygens (including phenoxy) is 1. The Morgan fingerprint density at radius 2 is 2.00 bits per heavy atom. The van der Waals surface area contributed by atoms with Crippen molar-refractivity contribution in [1.82, 2.24) is 10.2 Å². The molecule has 1 saturated heterocycles. The average molecular weight is 432 g/mol. The third kappa shape index (κ3) is 6.26. The van der Waals surface area contributed by atoms with Gasteiger partial charge in [0, 0.05) is 30.4 Å². The number of hydrogen-bond acceptors (Lipinski definition) is 5. The molecule has 0 aliphatic carbocycles. The first kappa shape index (κ1) is 21.7. The van der Waals surface area contributed by atoms with Crippen molar-refractivity contribution in [2.75, 3.05) is 32.1 Å². The van der Waals surface area contributed by atoms with E-state index in [0.29, 0.717) is 16.7 Å². The van der Waals surface area contributed by atoms with Crippen molar-refractivity contribution in [2.24, 2.45) is 0 Å². The smallest absolute Gasteiger partial charge is 0.340 e. The van der Waals surface area contributed by atoms with Crippen molar-refractivity contribution in [3.63, 3.8) is 0 Å². The van der Waals surface area contributed by atoms with Gasteiger partial charge in [0.05, 0.1) is 12.7 Å². The van der Waals surface area contributed by atoms with E-state index in [-0.39, 0.29) is 5.97 Å². The SMILES string of the molecule is CCCN1CCC(NC(=S)Nc2sc(Cc3ccccc3)cc2C(=O)OC)CC1. The topological polar surface area (TPSA) is 53.6 Å². The molecule has 5 nitrogen and oxygen atoms in total. The van der Waals surface area contributed by atoms with Crippen molar-refractivity contribution in [3.8, 4) is 0 Å². The highest BCUT2D eigenvalue weighted by atomic mass is 32.1. The molecule has 0 amide bonds. The molecule has 1 aromatic heterocycles. The minimum absolute atomic E-state index is 0.348. The number of benzene rings is 1. The summed E-state index contributed by atoms with van der Waals surface area (Å²) < 4.78 is 4.97. The van der Waals surface area contributed by atoms with E-state index < -0.39 is 0 Å². The lowest BCUT2D eigenvalue weighted by Gasteiger charge is -2.32. The van der Waals surface area contributed by atoms with Crippen molar-refractivity contribution in [2.45, 2.75) is 38.6 Å². The van der Waals surface area contributed by atoms with Crippen LogP contribution in [0.5, 0.6) is 0 Å². The fraction of sp³-hybridized carbons (Fsp3) is 0.455. The predicted octanol–water partition coefficient (Wildman–Crippen LogP) is 4.29. The summed E-state index contributed by atoms with van der Waals surface area (Å²) >= 11 is 7.09. The molecule has 2 aromatic rings. The maximum Gasteiger partial charge on any atom is 0.340 e. The number of carbonyl (C=O) groups is 1. The second-order valence-electron chi connectivity index (χ2n) is 7.32. The Hall–Kier alpha value is -1.96. The summed E-state index contributed by atoms with van der Waals surface area (Å²) in [4.78, 5) is 15.8. The van der Waals surface area contributed by atoms with Crippen LogP contribution in [-0.4, -0.2) is 48.8 Å². The van der Waals surface area contributed by atoms with E-state index in [1.807, 2.05) is 24.3 Å². The number of anilines is 1. The van der Waals surface area contributed by atoms with Gasteiger partial charge in [0.15, 0.2) is 5.11 Å². The summed E-state index contributed by atoms with van der Waals surface area (Å²) in [7, 11) is 1.40. The van der Waals surface area contributed by atoms with Gasteiger partial charge in [0.25, 0.3) is 0 Å². The van der Waals surface area contributed by atoms with Crippen LogP contribution < -0.4 is 10.6 Å². The largest absolute Gasteiger partial charge is 0.465 e. The van der Waals surface area contributed by atoms with Gasteiger partial charge in [-0.05, 0) is 49.7 Å². The van der Waals surface area contributed by atoms with Crippen LogP contribution in [0.4, 0.5) is 5.00 Å². The van der Waals surface area contributed by atoms with Crippen molar-refractivity contribution < 1.29 is 9.53 Å². The van der Waals surface area contributed by atoms with E-state index >= 15 is 0 Å². The van der Waals surface area contributed by atoms with Gasteiger partial charge < -0.3 is 20.3 Å². The average Bonchev–Trinajstić information content (AvgIpc) is 3.11. The highest BCUT2D eigenvalue weighted by Crippen LogP contribution is 2.30. The Morgan fingerprint density at radius 1 is 1.28 bits per heavy atom. The first-order valence-electron chi connectivity index (χ1n) is 10.1. The molecule has 3 rings (SSSR count). The molecule has 7 heteroatoms. The maximum atomic E-state index is 12.2. The molecule has 1 aliphatic rings. The van der Waals surface area contributed by atoms with E-state index in [4.69, 9.17) is 17.0 Å². The zero-order valence-electron chi connectivity index (χ0n) is 17.1. The van der Waals surface area contributed by atoms with Gasteiger partial charge in [-0.25, -0.2) is 4.79 Å². The fourth-order valence-corrected chi connectivity index (χ4v) is 5.04. The predicted molar refractivity (Wildman–Crippen MR) is 124 cm³/mol. The number of likely N-dealkylation sites (tertiary alicyclic amines) is 1. The number of thiophene rings is 1. The van der Waals surface area contributed by atoms with Crippen LogP contribution in [0.3, 0.4) is 0 Å². The van der Waals surface area contributed by atoms with Gasteiger partial charge in [-0.2, -0.15) is 0 Å². The molecule has 0 spiro atoms. The van der Waals surface area contributed by atoms with Crippen molar-refractivity contribution in [3.05, 3.63) is 52.4 Å². The summed E-state index contributed by atoms with van der Waals surface area (Å²) in [6.07, 6.45) is 4.12. The van der Waals surface area contributed by atoms with E-state index in [9.17, 15) is 4.79 Å². The fourth-order valence-electron chi connectivity index (χ4n) is 3.62. The molecule has 1 aromatic carbocycles. The van der Waals surface area contributed by atoms with Crippen LogP contribution in [0.1, 0.15) is 47.0 Å². The molecule has 1 aliphatic heterocycles. The summed E-state index contributed by atoms with van der Waals surface area (Å²) in [6, 6.07) is 12.5. The molecule has 2 N–H and O–H groups in total. The first-order chi connectivity index (χ1) is 14.1. The number of rotatable bonds is 7. The third-order valence-electron chi connectivity index (χ3n) is 5.10. The Morgan fingerprint density at radius 3 is 2.66 bits per heavy atom. The Kier molecular flexibility index (Phi) is 8.03. The van der Waals surface area contributed by atoms with E-state index in [1.54, 1.807) is 11.3 Å². The van der Waals surface area contributed by atoms with E-state index in [0.717, 1.165) is 48.8 Å². The van der Waals surface area contributed by atoms with Gasteiger partial charge in [0.1, 0.15) is 5.00 Å². The standard InChI is InChI=1S/C22H29N3O2S2/c1-3-11-25-12-9-17(10-13-25)23-22(28)24-20-19(21(26)27-2)15-18(29-20)14-16-7-5-4-6-8-16/h4-8,15,17H,3,9-14H2,1-2H3,(H2,23,24,28). The number of esters is 1. The number of hydrogen-bond donors (Lipinski definition) is 2. The quantitative estimate of drug-likeness (QED) is 0.504. The second-order valence-corrected chi connectivity index (χ2v) is 8.87. The van der Waals surface area contributed by atoms with Crippen LogP contribution in [0.25, 0.3) is 0 Å². The third-order valence-corrected chi connectivity index (χ3v) is 6.37. The lowest BCUT2D eigenvalue weighted by atomic mass is 10.1. The molecule has 2 heterocycles. The summed E-state index contributed by atoms with van der Waals surface area (Å²) in [6.45, 7) is 5.58. The molecule has 0 radical (unpaired) electrons. The molecule has 29 heavy (non-hydrogen) atoms. The number of piperidine rings is 1. The van der Waals surface area contributed by atoms with Crippen molar-refractivity contribution in [1.29, 1.82) is 0 Å². The molecule has 1 fully saturated rings. The number of thiocarbonyl (C=S) groups is 1. The summed E-state index contributed by atoms with van der Waals surface area (Å²) in [5.74, 6) is -0.348. The zero-order chi connectivity index (χ0) is 20.6. The number of nitrogens with zero attached hydrogens (tertiary/aromatic N) is 1. The van der Waals surface area contributed by atoms with E-state index in [2.05, 4.69) is 34.6 Å². The molecule has 156 valence electrons. The van der Waals surface area contributed by atoms with Crippen LogP contribution in [0.15, 0.2) is 36.4 Å². The van der Waals surface area contributed by atoms with Crippen LogP contribution in [-0.2, 0) is 11.2 Å². The highest BCUT2D eigenvalue weighted by Gasteiger charge is 2.21. The van der Waals surface area contributed by atoms with E-state index in [1.165, 1.54) is 19.1 Å². The van der Waals surface area contributed by atoms with Crippen LogP contribution >= 0.6 is 23.6 Å². The van der Waals surface area contributed by atoms with Gasteiger partial charge in [-0.15, -0.1) is 11.3 Å². The lowest BCUT2D eigenvalue weighted by molar-refractivity contribution is 0.0602. The monoisotopic (exact) mass is 431 g/mol. The molecule has 0 saturated carbocycles. The van der Waals surface area contributed by atoms with Crippen LogP contribution in [0.2, 0.25) is 0 Å². The lowest BCUT2D eigenvalue weighted by Crippen LogP contribution is -2.46. The van der Waals surface area contributed by atoms with Gasteiger partial charge >= 0.3 is 5.97 Å². The van der Waals surface area contributed by atoms with Crippen molar-refractivity contribution >= 4 is 39.6 Å². The molecular formula is C22H29N3O2S2. The highest BCUT2D eigenvalue weighted by molar-refractivity contribution is 7.80. The Labute approximate surface area is 182 Å². The zero-order valence-corrected chi connectivity index (χ0v) is 18.7. The number of nitrogens with one attached hydrogen (secondary N) is 2. The summed E-state index contributed by atoms with van der Waals surface area (Å²) in [5, 5.41) is 7.97.